The van der Waals surface area contributed by atoms with Crippen LogP contribution in [0.5, 0.6) is 0 Å². The van der Waals surface area contributed by atoms with Gasteiger partial charge in [0, 0.05) is 31.1 Å². The molecule has 1 saturated heterocycles. The van der Waals surface area contributed by atoms with E-state index in [1.165, 1.54) is 4.88 Å². The summed E-state index contributed by atoms with van der Waals surface area (Å²) in [6.07, 6.45) is 0. The van der Waals surface area contributed by atoms with Gasteiger partial charge in [-0.3, -0.25) is 0 Å². The Labute approximate surface area is 101 Å². The van der Waals surface area contributed by atoms with E-state index in [-0.39, 0.29) is 0 Å². The first-order valence-electron chi connectivity index (χ1n) is 5.71. The van der Waals surface area contributed by atoms with Crippen LogP contribution in [0.15, 0.2) is 0 Å². The van der Waals surface area contributed by atoms with Crippen molar-refractivity contribution >= 4 is 16.5 Å². The van der Waals surface area contributed by atoms with Crippen molar-refractivity contribution in [3.05, 3.63) is 10.6 Å². The highest BCUT2D eigenvalue weighted by Gasteiger charge is 2.26. The summed E-state index contributed by atoms with van der Waals surface area (Å²) in [6.45, 7) is 8.06. The second-order valence-electron chi connectivity index (χ2n) is 4.48. The summed E-state index contributed by atoms with van der Waals surface area (Å²) < 4.78 is 0. The van der Waals surface area contributed by atoms with Crippen LogP contribution in [0.4, 0.5) is 5.13 Å². The number of likely N-dealkylation sites (N-methyl/N-ethyl adjacent to an activating group) is 1. The van der Waals surface area contributed by atoms with E-state index in [1.54, 1.807) is 11.3 Å². The minimum atomic E-state index is 0.406. The summed E-state index contributed by atoms with van der Waals surface area (Å²) in [5.41, 5.74) is 6.99. The standard InChI is InChI=1S/C11H20N4S/c1-8-9(2)16-11(13-8)15-5-4-14(3)7-10(15)6-12/h10H,4-7,12H2,1-3H3. The van der Waals surface area contributed by atoms with E-state index >= 15 is 0 Å². The lowest BCUT2D eigenvalue weighted by atomic mass is 10.2. The Hall–Kier alpha value is -0.650. The molecule has 0 aromatic carbocycles. The lowest BCUT2D eigenvalue weighted by Gasteiger charge is -2.39. The van der Waals surface area contributed by atoms with Crippen LogP contribution >= 0.6 is 11.3 Å². The van der Waals surface area contributed by atoms with Crippen molar-refractivity contribution in [3.8, 4) is 0 Å². The van der Waals surface area contributed by atoms with E-state index in [4.69, 9.17) is 5.73 Å². The van der Waals surface area contributed by atoms with Gasteiger partial charge >= 0.3 is 0 Å². The third-order valence-corrected chi connectivity index (χ3v) is 4.33. The summed E-state index contributed by atoms with van der Waals surface area (Å²) >= 11 is 1.78. The Morgan fingerprint density at radius 3 is 2.75 bits per heavy atom. The number of thiazole rings is 1. The van der Waals surface area contributed by atoms with Gasteiger partial charge in [-0.05, 0) is 20.9 Å². The Bertz CT molecular complexity index is 343. The summed E-state index contributed by atoms with van der Waals surface area (Å²) in [4.78, 5) is 10.6. The Balaban J connectivity index is 2.18. The van der Waals surface area contributed by atoms with Crippen molar-refractivity contribution in [2.45, 2.75) is 19.9 Å². The average Bonchev–Trinajstić information content (AvgIpc) is 2.59. The molecule has 1 aliphatic heterocycles. The van der Waals surface area contributed by atoms with Crippen molar-refractivity contribution in [2.75, 3.05) is 38.1 Å². The van der Waals surface area contributed by atoms with Gasteiger partial charge in [0.15, 0.2) is 5.13 Å². The van der Waals surface area contributed by atoms with Crippen LogP contribution in [0.3, 0.4) is 0 Å². The molecule has 5 heteroatoms. The molecule has 4 nitrogen and oxygen atoms in total. The zero-order valence-corrected chi connectivity index (χ0v) is 11.0. The number of hydrogen-bond donors (Lipinski definition) is 1. The molecular weight excluding hydrogens is 220 g/mol. The quantitative estimate of drug-likeness (QED) is 0.832. The monoisotopic (exact) mass is 240 g/mol. The smallest absolute Gasteiger partial charge is 0.186 e. The second kappa shape index (κ2) is 4.69. The minimum Gasteiger partial charge on any atom is -0.341 e. The molecule has 1 unspecified atom stereocenters. The maximum absolute atomic E-state index is 5.85. The van der Waals surface area contributed by atoms with Crippen LogP contribution in [0.1, 0.15) is 10.6 Å². The molecule has 1 atom stereocenters. The zero-order chi connectivity index (χ0) is 11.7. The second-order valence-corrected chi connectivity index (χ2v) is 5.66. The number of piperazine rings is 1. The topological polar surface area (TPSA) is 45.4 Å². The summed E-state index contributed by atoms with van der Waals surface area (Å²) in [6, 6.07) is 0.406. The van der Waals surface area contributed by atoms with Crippen LogP contribution in [0.25, 0.3) is 0 Å². The number of anilines is 1. The number of nitrogens with two attached hydrogens (primary N) is 1. The van der Waals surface area contributed by atoms with E-state index < -0.39 is 0 Å². The number of hydrogen-bond acceptors (Lipinski definition) is 5. The molecule has 0 amide bonds. The number of aryl methyl sites for hydroxylation is 2. The number of rotatable bonds is 2. The first-order chi connectivity index (χ1) is 7.61. The molecule has 2 heterocycles. The maximum atomic E-state index is 5.85. The van der Waals surface area contributed by atoms with Gasteiger partial charge in [0.05, 0.1) is 11.7 Å². The molecule has 0 aliphatic carbocycles. The van der Waals surface area contributed by atoms with Crippen molar-refractivity contribution in [1.29, 1.82) is 0 Å². The van der Waals surface area contributed by atoms with Gasteiger partial charge in [-0.15, -0.1) is 11.3 Å². The van der Waals surface area contributed by atoms with E-state index in [0.717, 1.165) is 30.5 Å². The third kappa shape index (κ3) is 2.21. The maximum Gasteiger partial charge on any atom is 0.186 e. The fraction of sp³-hybridized carbons (Fsp3) is 0.727. The lowest BCUT2D eigenvalue weighted by molar-refractivity contribution is 0.269. The van der Waals surface area contributed by atoms with E-state index in [1.807, 2.05) is 0 Å². The normalized spacial score (nSPS) is 22.8. The lowest BCUT2D eigenvalue weighted by Crippen LogP contribution is -2.55. The van der Waals surface area contributed by atoms with Crippen molar-refractivity contribution in [1.82, 2.24) is 9.88 Å². The first kappa shape index (κ1) is 11.8. The molecule has 0 spiro atoms. The van der Waals surface area contributed by atoms with Crippen molar-refractivity contribution in [2.24, 2.45) is 5.73 Å². The minimum absolute atomic E-state index is 0.406. The fourth-order valence-electron chi connectivity index (χ4n) is 2.04. The van der Waals surface area contributed by atoms with Gasteiger partial charge in [0.1, 0.15) is 0 Å². The summed E-state index contributed by atoms with van der Waals surface area (Å²) in [7, 11) is 2.15. The van der Waals surface area contributed by atoms with Gasteiger partial charge in [0.2, 0.25) is 0 Å². The first-order valence-corrected chi connectivity index (χ1v) is 6.52. The van der Waals surface area contributed by atoms with Crippen molar-refractivity contribution < 1.29 is 0 Å². The molecule has 2 N–H and O–H groups in total. The third-order valence-electron chi connectivity index (χ3n) is 3.22. The van der Waals surface area contributed by atoms with Crippen molar-refractivity contribution in [3.63, 3.8) is 0 Å². The predicted molar refractivity (Wildman–Crippen MR) is 69.3 cm³/mol. The van der Waals surface area contributed by atoms with Gasteiger partial charge in [-0.2, -0.15) is 0 Å². The predicted octanol–water partition coefficient (Wildman–Crippen LogP) is 0.839. The molecule has 0 saturated carbocycles. The van der Waals surface area contributed by atoms with Gasteiger partial charge in [-0.25, -0.2) is 4.98 Å². The van der Waals surface area contributed by atoms with Crippen LogP contribution in [0.2, 0.25) is 0 Å². The Morgan fingerprint density at radius 2 is 2.19 bits per heavy atom. The molecule has 1 aromatic heterocycles. The average molecular weight is 240 g/mol. The molecule has 1 aliphatic rings. The largest absolute Gasteiger partial charge is 0.341 e. The molecule has 1 aromatic rings. The van der Waals surface area contributed by atoms with Crippen LogP contribution in [-0.4, -0.2) is 49.2 Å². The number of aromatic nitrogens is 1. The zero-order valence-electron chi connectivity index (χ0n) is 10.2. The number of nitrogens with zero attached hydrogens (tertiary/aromatic N) is 3. The van der Waals surface area contributed by atoms with E-state index in [0.29, 0.717) is 12.6 Å². The summed E-state index contributed by atoms with van der Waals surface area (Å²) in [5.74, 6) is 0. The molecular formula is C11H20N4S. The molecule has 0 radical (unpaired) electrons. The van der Waals surface area contributed by atoms with E-state index in [9.17, 15) is 0 Å². The van der Waals surface area contributed by atoms with E-state index in [2.05, 4.69) is 35.7 Å². The Morgan fingerprint density at radius 1 is 1.44 bits per heavy atom. The summed E-state index contributed by atoms with van der Waals surface area (Å²) in [5, 5.41) is 1.14. The highest BCUT2D eigenvalue weighted by molar-refractivity contribution is 7.15. The molecule has 16 heavy (non-hydrogen) atoms. The van der Waals surface area contributed by atoms with Crippen LogP contribution in [0, 0.1) is 13.8 Å². The molecule has 0 bridgehead atoms. The Kier molecular flexibility index (Phi) is 3.47. The van der Waals surface area contributed by atoms with Gasteiger partial charge < -0.3 is 15.5 Å². The van der Waals surface area contributed by atoms with Crippen LogP contribution < -0.4 is 10.6 Å². The highest BCUT2D eigenvalue weighted by Crippen LogP contribution is 2.27. The van der Waals surface area contributed by atoms with Gasteiger partial charge in [0.25, 0.3) is 0 Å². The molecule has 2 rings (SSSR count). The highest BCUT2D eigenvalue weighted by atomic mass is 32.1. The fourth-order valence-corrected chi connectivity index (χ4v) is 3.05. The SMILES string of the molecule is Cc1nc(N2CCN(C)CC2CN)sc1C. The van der Waals surface area contributed by atoms with Crippen LogP contribution in [-0.2, 0) is 0 Å². The molecule has 90 valence electrons. The molecule has 1 fully saturated rings. The van der Waals surface area contributed by atoms with Gasteiger partial charge in [-0.1, -0.05) is 0 Å².